The van der Waals surface area contributed by atoms with Gasteiger partial charge in [-0.2, -0.15) is 0 Å². The highest BCUT2D eigenvalue weighted by Crippen LogP contribution is 2.31. The van der Waals surface area contributed by atoms with E-state index in [0.29, 0.717) is 17.0 Å². The van der Waals surface area contributed by atoms with Crippen molar-refractivity contribution in [2.24, 2.45) is 0 Å². The topological polar surface area (TPSA) is 105 Å². The molecule has 0 aliphatic carbocycles. The summed E-state index contributed by atoms with van der Waals surface area (Å²) in [6.07, 6.45) is 0.757. The normalized spacial score (nSPS) is 11.8. The monoisotopic (exact) mass is 571 g/mol. The van der Waals surface area contributed by atoms with Crippen molar-refractivity contribution in [2.75, 3.05) is 16.7 Å². The molecule has 0 aliphatic heterocycles. The van der Waals surface area contributed by atoms with Gasteiger partial charge in [-0.05, 0) is 67.4 Å². The first-order valence-corrected chi connectivity index (χ1v) is 14.7. The molecule has 2 amide bonds. The molecule has 212 valence electrons. The Kier molecular flexibility index (Phi) is 9.41. The number of carbonyl (C=O) groups is 2. The molecule has 4 aromatic rings. The number of amides is 2. The van der Waals surface area contributed by atoms with Crippen LogP contribution in [-0.4, -0.2) is 33.4 Å². The van der Waals surface area contributed by atoms with E-state index in [4.69, 9.17) is 4.74 Å². The Hall–Kier alpha value is -4.63. The van der Waals surface area contributed by atoms with Gasteiger partial charge >= 0.3 is 0 Å². The second kappa shape index (κ2) is 13.1. The van der Waals surface area contributed by atoms with Gasteiger partial charge in [0, 0.05) is 6.04 Å². The lowest BCUT2D eigenvalue weighted by Gasteiger charge is -2.27. The summed E-state index contributed by atoms with van der Waals surface area (Å²) in [6, 6.07) is 28.4. The lowest BCUT2D eigenvalue weighted by Crippen LogP contribution is -2.33. The van der Waals surface area contributed by atoms with Crippen LogP contribution in [0.25, 0.3) is 0 Å². The first-order valence-electron chi connectivity index (χ1n) is 13.3. The summed E-state index contributed by atoms with van der Waals surface area (Å²) in [5.74, 6) is -0.335. The van der Waals surface area contributed by atoms with Crippen molar-refractivity contribution in [3.8, 4) is 5.75 Å². The number of rotatable bonds is 11. The number of ether oxygens (including phenoxy) is 1. The summed E-state index contributed by atoms with van der Waals surface area (Å²) in [6.45, 7) is 3.87. The summed E-state index contributed by atoms with van der Waals surface area (Å²) < 4.78 is 34.5. The molecule has 0 unspecified atom stereocenters. The third-order valence-electron chi connectivity index (χ3n) is 6.64. The Labute approximate surface area is 241 Å². The molecule has 0 fully saturated rings. The number of nitrogens with zero attached hydrogens (tertiary/aromatic N) is 1. The summed E-state index contributed by atoms with van der Waals surface area (Å²) in [5, 5.41) is 5.74. The van der Waals surface area contributed by atoms with E-state index in [1.807, 2.05) is 44.2 Å². The van der Waals surface area contributed by atoms with Crippen LogP contribution < -0.4 is 19.7 Å². The smallest absolute Gasteiger partial charge is 0.264 e. The van der Waals surface area contributed by atoms with Gasteiger partial charge in [-0.15, -0.1) is 0 Å². The third kappa shape index (κ3) is 6.93. The molecular formula is C32H33N3O5S. The zero-order valence-corrected chi connectivity index (χ0v) is 24.0. The summed E-state index contributed by atoms with van der Waals surface area (Å²) in [4.78, 5) is 26.7. The highest BCUT2D eigenvalue weighted by molar-refractivity contribution is 7.92. The van der Waals surface area contributed by atoms with E-state index in [1.54, 1.807) is 60.7 Å². The number of hydrogen-bond acceptors (Lipinski definition) is 5. The Morgan fingerprint density at radius 1 is 0.805 bits per heavy atom. The SMILES string of the molecule is CC[C@@H](C)NC(=O)c1ccccc1NC(=O)c1ccccc1N(Cc1ccccc1)S(=O)(=O)c1ccc(OC)cc1. The molecular weight excluding hydrogens is 538 g/mol. The van der Waals surface area contributed by atoms with E-state index in [-0.39, 0.29) is 34.6 Å². The molecule has 8 nitrogen and oxygen atoms in total. The van der Waals surface area contributed by atoms with Crippen LogP contribution in [0.1, 0.15) is 46.5 Å². The molecule has 4 rings (SSSR count). The molecule has 1 atom stereocenters. The fourth-order valence-electron chi connectivity index (χ4n) is 4.19. The van der Waals surface area contributed by atoms with Crippen LogP contribution in [0.4, 0.5) is 11.4 Å². The zero-order chi connectivity index (χ0) is 29.4. The molecule has 9 heteroatoms. The molecule has 4 aromatic carbocycles. The van der Waals surface area contributed by atoms with Gasteiger partial charge in [0.2, 0.25) is 0 Å². The molecule has 0 radical (unpaired) electrons. The Morgan fingerprint density at radius 2 is 1.41 bits per heavy atom. The Balaban J connectivity index is 1.74. The summed E-state index contributed by atoms with van der Waals surface area (Å²) >= 11 is 0. The van der Waals surface area contributed by atoms with Crippen molar-refractivity contribution in [3.63, 3.8) is 0 Å². The van der Waals surface area contributed by atoms with Gasteiger partial charge < -0.3 is 15.4 Å². The summed E-state index contributed by atoms with van der Waals surface area (Å²) in [7, 11) is -2.60. The van der Waals surface area contributed by atoms with E-state index in [0.717, 1.165) is 12.0 Å². The van der Waals surface area contributed by atoms with E-state index >= 15 is 0 Å². The highest BCUT2D eigenvalue weighted by Gasteiger charge is 2.29. The quantitative estimate of drug-likeness (QED) is 0.234. The van der Waals surface area contributed by atoms with Crippen molar-refractivity contribution in [1.29, 1.82) is 0 Å². The second-order valence-corrected chi connectivity index (χ2v) is 11.3. The number of anilines is 2. The number of hydrogen-bond donors (Lipinski definition) is 2. The first-order chi connectivity index (χ1) is 19.7. The van der Waals surface area contributed by atoms with E-state index < -0.39 is 15.9 Å². The molecule has 0 aromatic heterocycles. The van der Waals surface area contributed by atoms with Gasteiger partial charge in [0.25, 0.3) is 21.8 Å². The molecule has 0 bridgehead atoms. The minimum absolute atomic E-state index is 0.00655. The van der Waals surface area contributed by atoms with Crippen LogP contribution in [-0.2, 0) is 16.6 Å². The van der Waals surface area contributed by atoms with Gasteiger partial charge in [-0.25, -0.2) is 8.42 Å². The predicted octanol–water partition coefficient (Wildman–Crippen LogP) is 5.87. The Morgan fingerprint density at radius 3 is 2.07 bits per heavy atom. The third-order valence-corrected chi connectivity index (χ3v) is 8.42. The minimum Gasteiger partial charge on any atom is -0.497 e. The largest absolute Gasteiger partial charge is 0.497 e. The number of methoxy groups -OCH3 is 1. The minimum atomic E-state index is -4.11. The van der Waals surface area contributed by atoms with Gasteiger partial charge in [-0.3, -0.25) is 13.9 Å². The van der Waals surface area contributed by atoms with E-state index in [1.165, 1.54) is 23.5 Å². The molecule has 0 aliphatic rings. The number of sulfonamides is 1. The predicted molar refractivity (Wildman–Crippen MR) is 161 cm³/mol. The number of benzene rings is 4. The fraction of sp³-hybridized carbons (Fsp3) is 0.188. The fourth-order valence-corrected chi connectivity index (χ4v) is 5.66. The van der Waals surface area contributed by atoms with Crippen LogP contribution >= 0.6 is 0 Å². The van der Waals surface area contributed by atoms with Crippen LogP contribution in [0.15, 0.2) is 108 Å². The lowest BCUT2D eigenvalue weighted by atomic mass is 10.1. The lowest BCUT2D eigenvalue weighted by molar-refractivity contribution is 0.0940. The standard InChI is InChI=1S/C32H33N3O5S/c1-4-23(2)33-31(36)27-14-8-10-16-29(27)34-32(37)28-15-9-11-17-30(28)35(22-24-12-6-5-7-13-24)41(38,39)26-20-18-25(40-3)19-21-26/h5-21,23H,4,22H2,1-3H3,(H,33,36)(H,34,37)/t23-/m1/s1. The van der Waals surface area contributed by atoms with E-state index in [2.05, 4.69) is 10.6 Å². The highest BCUT2D eigenvalue weighted by atomic mass is 32.2. The molecule has 41 heavy (non-hydrogen) atoms. The van der Waals surface area contributed by atoms with Gasteiger partial charge in [0.05, 0.1) is 41.1 Å². The number of carbonyl (C=O) groups excluding carboxylic acids is 2. The molecule has 0 heterocycles. The number of para-hydroxylation sites is 2. The molecule has 0 saturated heterocycles. The average Bonchev–Trinajstić information content (AvgIpc) is 3.00. The first kappa shape index (κ1) is 29.4. The Bertz CT molecular complexity index is 1610. The molecule has 2 N–H and O–H groups in total. The zero-order valence-electron chi connectivity index (χ0n) is 23.2. The van der Waals surface area contributed by atoms with Crippen LogP contribution in [0.2, 0.25) is 0 Å². The molecule has 0 spiro atoms. The summed E-state index contributed by atoms with van der Waals surface area (Å²) in [5.41, 5.74) is 1.71. The van der Waals surface area contributed by atoms with E-state index in [9.17, 15) is 18.0 Å². The average molecular weight is 572 g/mol. The van der Waals surface area contributed by atoms with Crippen LogP contribution in [0.3, 0.4) is 0 Å². The van der Waals surface area contributed by atoms with Crippen molar-refractivity contribution < 1.29 is 22.7 Å². The van der Waals surface area contributed by atoms with Crippen molar-refractivity contribution in [1.82, 2.24) is 5.32 Å². The van der Waals surface area contributed by atoms with Gasteiger partial charge in [-0.1, -0.05) is 61.5 Å². The van der Waals surface area contributed by atoms with Crippen molar-refractivity contribution in [3.05, 3.63) is 120 Å². The van der Waals surface area contributed by atoms with Crippen molar-refractivity contribution >= 4 is 33.2 Å². The van der Waals surface area contributed by atoms with Gasteiger partial charge in [0.1, 0.15) is 5.75 Å². The van der Waals surface area contributed by atoms with Crippen LogP contribution in [0, 0.1) is 0 Å². The maximum absolute atomic E-state index is 14.0. The number of nitrogens with one attached hydrogen (secondary N) is 2. The van der Waals surface area contributed by atoms with Crippen LogP contribution in [0.5, 0.6) is 5.75 Å². The maximum atomic E-state index is 14.0. The van der Waals surface area contributed by atoms with Crippen molar-refractivity contribution in [2.45, 2.75) is 37.8 Å². The second-order valence-electron chi connectivity index (χ2n) is 9.47. The molecule has 0 saturated carbocycles. The van der Waals surface area contributed by atoms with Gasteiger partial charge in [0.15, 0.2) is 0 Å². The maximum Gasteiger partial charge on any atom is 0.264 e.